The molecule has 2 unspecified atom stereocenters. The summed E-state index contributed by atoms with van der Waals surface area (Å²) in [5, 5.41) is 27.4. The molecule has 0 bridgehead atoms. The lowest BCUT2D eigenvalue weighted by Gasteiger charge is -2.36. The number of anilines is 1. The summed E-state index contributed by atoms with van der Waals surface area (Å²) >= 11 is 0. The van der Waals surface area contributed by atoms with Crippen LogP contribution in [0.15, 0.2) is 18.2 Å². The van der Waals surface area contributed by atoms with Crippen LogP contribution in [0.1, 0.15) is 36.6 Å². The fourth-order valence-corrected chi connectivity index (χ4v) is 3.70. The van der Waals surface area contributed by atoms with Crippen molar-refractivity contribution in [2.45, 2.75) is 25.2 Å². The summed E-state index contributed by atoms with van der Waals surface area (Å²) in [5.74, 6) is -2.60. The van der Waals surface area contributed by atoms with Gasteiger partial charge in [-0.1, -0.05) is 13.8 Å². The van der Waals surface area contributed by atoms with Crippen LogP contribution in [-0.4, -0.2) is 22.0 Å². The Balaban J connectivity index is 2.15. The summed E-state index contributed by atoms with van der Waals surface area (Å²) < 4.78 is 19.4. The Kier molecular flexibility index (Phi) is 3.00. The van der Waals surface area contributed by atoms with Crippen molar-refractivity contribution in [3.8, 4) is 11.9 Å². The number of benzene rings is 1. The molecule has 1 amide bonds. The number of carbonyl (C=O) groups is 1. The standard InChI is InChI=1S/C17H14FN5O2/c1-7(2)13-12-15(23-22-13)25-14(20)10(6-19)17(12)9-5-8(18)3-4-11(9)21-16(17)24/h3-5,7,10,20H,1-2H3,(H,21,24)(H,22,23). The lowest BCUT2D eigenvalue weighted by Crippen LogP contribution is -2.50. The van der Waals surface area contributed by atoms with Crippen LogP contribution in [0.4, 0.5) is 10.1 Å². The van der Waals surface area contributed by atoms with E-state index < -0.39 is 23.1 Å². The van der Waals surface area contributed by atoms with Gasteiger partial charge in [-0.25, -0.2) is 4.39 Å². The number of aromatic nitrogens is 2. The molecule has 0 saturated carbocycles. The minimum atomic E-state index is -1.57. The van der Waals surface area contributed by atoms with Gasteiger partial charge in [0, 0.05) is 16.9 Å². The average molecular weight is 339 g/mol. The largest absolute Gasteiger partial charge is 0.422 e. The van der Waals surface area contributed by atoms with Crippen LogP contribution in [0.25, 0.3) is 0 Å². The van der Waals surface area contributed by atoms with Crippen molar-refractivity contribution in [1.29, 1.82) is 10.7 Å². The van der Waals surface area contributed by atoms with E-state index in [9.17, 15) is 14.4 Å². The highest BCUT2D eigenvalue weighted by Crippen LogP contribution is 2.54. The Morgan fingerprint density at radius 3 is 2.92 bits per heavy atom. The predicted octanol–water partition coefficient (Wildman–Crippen LogP) is 2.42. The third kappa shape index (κ3) is 1.75. The summed E-state index contributed by atoms with van der Waals surface area (Å²) in [4.78, 5) is 13.1. The van der Waals surface area contributed by atoms with Crippen molar-refractivity contribution in [2.24, 2.45) is 5.92 Å². The topological polar surface area (TPSA) is 115 Å². The van der Waals surface area contributed by atoms with E-state index in [2.05, 4.69) is 15.5 Å². The molecule has 2 atom stereocenters. The monoisotopic (exact) mass is 339 g/mol. The van der Waals surface area contributed by atoms with E-state index in [1.54, 1.807) is 0 Å². The maximum absolute atomic E-state index is 14.0. The number of nitrogens with one attached hydrogen (secondary N) is 3. The van der Waals surface area contributed by atoms with Crippen LogP contribution >= 0.6 is 0 Å². The number of H-pyrrole nitrogens is 1. The van der Waals surface area contributed by atoms with E-state index in [0.29, 0.717) is 22.5 Å². The molecule has 0 fully saturated rings. The van der Waals surface area contributed by atoms with Crippen LogP contribution in [-0.2, 0) is 10.2 Å². The quantitative estimate of drug-likeness (QED) is 0.740. The Morgan fingerprint density at radius 2 is 2.24 bits per heavy atom. The predicted molar refractivity (Wildman–Crippen MR) is 85.9 cm³/mol. The van der Waals surface area contributed by atoms with Crippen molar-refractivity contribution >= 4 is 17.5 Å². The minimum Gasteiger partial charge on any atom is -0.422 e. The molecule has 1 aromatic heterocycles. The second kappa shape index (κ2) is 4.89. The smallest absolute Gasteiger partial charge is 0.244 e. The van der Waals surface area contributed by atoms with Gasteiger partial charge in [0.2, 0.25) is 17.7 Å². The number of ether oxygens (including phenoxy) is 1. The van der Waals surface area contributed by atoms with Crippen LogP contribution in [0.2, 0.25) is 0 Å². The van der Waals surface area contributed by atoms with E-state index >= 15 is 0 Å². The van der Waals surface area contributed by atoms with E-state index in [1.807, 2.05) is 19.9 Å². The Labute approximate surface area is 142 Å². The van der Waals surface area contributed by atoms with Crippen LogP contribution in [0.3, 0.4) is 0 Å². The van der Waals surface area contributed by atoms with Gasteiger partial charge in [-0.2, -0.15) is 5.26 Å². The van der Waals surface area contributed by atoms with Gasteiger partial charge in [0.25, 0.3) is 0 Å². The number of fused-ring (bicyclic) bond motifs is 4. The first-order chi connectivity index (χ1) is 11.9. The molecule has 2 aliphatic heterocycles. The highest BCUT2D eigenvalue weighted by molar-refractivity contribution is 6.13. The number of nitrogens with zero attached hydrogens (tertiary/aromatic N) is 2. The molecule has 1 aromatic carbocycles. The fourth-order valence-electron chi connectivity index (χ4n) is 3.70. The SMILES string of the molecule is CC(C)c1[nH]nc2c1C1(C(=O)Nc3ccc(F)cc31)C(C#N)C(=N)O2. The van der Waals surface area contributed by atoms with Crippen molar-refractivity contribution < 1.29 is 13.9 Å². The molecule has 4 rings (SSSR count). The van der Waals surface area contributed by atoms with Gasteiger partial charge in [-0.3, -0.25) is 15.3 Å². The number of carbonyl (C=O) groups excluding carboxylic acids is 1. The third-order valence-corrected chi connectivity index (χ3v) is 4.78. The zero-order valence-corrected chi connectivity index (χ0v) is 13.5. The van der Waals surface area contributed by atoms with Crippen molar-refractivity contribution in [2.75, 3.05) is 5.32 Å². The van der Waals surface area contributed by atoms with E-state index in [-0.39, 0.29) is 17.7 Å². The zero-order chi connectivity index (χ0) is 17.9. The molecular formula is C17H14FN5O2. The number of hydrogen-bond acceptors (Lipinski definition) is 5. The normalized spacial score (nSPS) is 23.9. The molecule has 0 saturated heterocycles. The molecule has 2 aliphatic rings. The average Bonchev–Trinajstić information content (AvgIpc) is 3.09. The highest BCUT2D eigenvalue weighted by Gasteiger charge is 2.62. The van der Waals surface area contributed by atoms with Crippen LogP contribution in [0.5, 0.6) is 5.88 Å². The summed E-state index contributed by atoms with van der Waals surface area (Å²) in [6, 6.07) is 5.93. The summed E-state index contributed by atoms with van der Waals surface area (Å²) in [6.45, 7) is 3.81. The first-order valence-corrected chi connectivity index (χ1v) is 7.77. The Bertz CT molecular complexity index is 974. The number of rotatable bonds is 1. The maximum Gasteiger partial charge on any atom is 0.244 e. The number of amides is 1. The van der Waals surface area contributed by atoms with Gasteiger partial charge in [-0.15, -0.1) is 5.10 Å². The van der Waals surface area contributed by atoms with Gasteiger partial charge in [0.1, 0.15) is 17.2 Å². The summed E-state index contributed by atoms with van der Waals surface area (Å²) in [7, 11) is 0. The Hall–Kier alpha value is -3.21. The second-order valence-electron chi connectivity index (χ2n) is 6.45. The molecule has 25 heavy (non-hydrogen) atoms. The molecular weight excluding hydrogens is 325 g/mol. The van der Waals surface area contributed by atoms with E-state index in [0.717, 1.165) is 0 Å². The second-order valence-corrected chi connectivity index (χ2v) is 6.45. The first kappa shape index (κ1) is 15.3. The van der Waals surface area contributed by atoms with Crippen molar-refractivity contribution in [3.05, 3.63) is 40.8 Å². The molecule has 126 valence electrons. The number of hydrogen-bond donors (Lipinski definition) is 3. The molecule has 0 radical (unpaired) electrons. The summed E-state index contributed by atoms with van der Waals surface area (Å²) in [6.07, 6.45) is 0. The van der Waals surface area contributed by atoms with Gasteiger partial charge in [-0.05, 0) is 24.1 Å². The van der Waals surface area contributed by atoms with Gasteiger partial charge in [0.05, 0.1) is 11.6 Å². The number of halogens is 1. The maximum atomic E-state index is 14.0. The molecule has 7 nitrogen and oxygen atoms in total. The molecule has 1 spiro atoms. The lowest BCUT2D eigenvalue weighted by molar-refractivity contribution is -0.120. The van der Waals surface area contributed by atoms with Gasteiger partial charge < -0.3 is 10.1 Å². The molecule has 0 aliphatic carbocycles. The summed E-state index contributed by atoms with van der Waals surface area (Å²) in [5.41, 5.74) is 0.190. The number of nitriles is 1. The van der Waals surface area contributed by atoms with Crippen LogP contribution < -0.4 is 10.1 Å². The van der Waals surface area contributed by atoms with Gasteiger partial charge in [0.15, 0.2) is 0 Å². The first-order valence-electron chi connectivity index (χ1n) is 7.77. The zero-order valence-electron chi connectivity index (χ0n) is 13.5. The molecule has 3 N–H and O–H groups in total. The van der Waals surface area contributed by atoms with Crippen molar-refractivity contribution in [1.82, 2.24) is 10.2 Å². The van der Waals surface area contributed by atoms with E-state index in [1.165, 1.54) is 18.2 Å². The fraction of sp³-hybridized carbons (Fsp3) is 0.294. The minimum absolute atomic E-state index is 0.0474. The molecule has 3 heterocycles. The van der Waals surface area contributed by atoms with E-state index in [4.69, 9.17) is 10.1 Å². The highest BCUT2D eigenvalue weighted by atomic mass is 19.1. The lowest BCUT2D eigenvalue weighted by atomic mass is 9.64. The van der Waals surface area contributed by atoms with Gasteiger partial charge >= 0.3 is 0 Å². The Morgan fingerprint density at radius 1 is 1.48 bits per heavy atom. The molecule has 2 aromatic rings. The molecule has 8 heteroatoms. The van der Waals surface area contributed by atoms with Crippen LogP contribution in [0, 0.1) is 28.5 Å². The third-order valence-electron chi connectivity index (χ3n) is 4.78. The van der Waals surface area contributed by atoms with Crippen molar-refractivity contribution in [3.63, 3.8) is 0 Å². The number of aromatic amines is 1.